The Labute approximate surface area is 183 Å². The number of carbonyl (C=O) groups is 1. The number of rotatable bonds is 8. The largest absolute Gasteiger partial charge is 0.484 e. The molecule has 0 aliphatic rings. The summed E-state index contributed by atoms with van der Waals surface area (Å²) >= 11 is 0. The van der Waals surface area contributed by atoms with Gasteiger partial charge in [0, 0.05) is 23.6 Å². The standard InChI is InChI=1S/C23H19FN6O2/c24-16-4-10-19(11-5-16)32-14-23(31)29-18-8-6-17(7-9-18)28-21-13-22(27-15-26-21)30-20-3-1-2-12-25-20/h1-13,15H,14H2,(H,29,31)(H2,25,26,27,28,30). The maximum atomic E-state index is 12.9. The molecular formula is C23H19FN6O2. The number of halogens is 1. The van der Waals surface area contributed by atoms with Gasteiger partial charge in [-0.05, 0) is 60.7 Å². The summed E-state index contributed by atoms with van der Waals surface area (Å²) in [5.41, 5.74) is 1.40. The molecular weight excluding hydrogens is 411 g/mol. The van der Waals surface area contributed by atoms with Crippen LogP contribution >= 0.6 is 0 Å². The smallest absolute Gasteiger partial charge is 0.262 e. The minimum Gasteiger partial charge on any atom is -0.484 e. The summed E-state index contributed by atoms with van der Waals surface area (Å²) in [4.78, 5) is 24.7. The van der Waals surface area contributed by atoms with Crippen LogP contribution in [-0.4, -0.2) is 27.5 Å². The van der Waals surface area contributed by atoms with Crippen LogP contribution in [0.3, 0.4) is 0 Å². The van der Waals surface area contributed by atoms with Crippen LogP contribution < -0.4 is 20.7 Å². The van der Waals surface area contributed by atoms with Crippen molar-refractivity contribution in [3.63, 3.8) is 0 Å². The maximum absolute atomic E-state index is 12.9. The Morgan fingerprint density at radius 2 is 1.53 bits per heavy atom. The zero-order chi connectivity index (χ0) is 22.2. The number of hydrogen-bond acceptors (Lipinski definition) is 7. The molecule has 0 aliphatic carbocycles. The Kier molecular flexibility index (Phi) is 6.47. The van der Waals surface area contributed by atoms with Crippen LogP contribution in [-0.2, 0) is 4.79 Å². The lowest BCUT2D eigenvalue weighted by Crippen LogP contribution is -2.20. The van der Waals surface area contributed by atoms with E-state index >= 15 is 0 Å². The van der Waals surface area contributed by atoms with Gasteiger partial charge in [0.25, 0.3) is 5.91 Å². The molecule has 0 unspecified atom stereocenters. The summed E-state index contributed by atoms with van der Waals surface area (Å²) in [7, 11) is 0. The van der Waals surface area contributed by atoms with E-state index in [1.54, 1.807) is 24.4 Å². The van der Waals surface area contributed by atoms with Gasteiger partial charge in [-0.1, -0.05) is 6.07 Å². The van der Waals surface area contributed by atoms with E-state index in [0.29, 0.717) is 28.9 Å². The number of anilines is 5. The van der Waals surface area contributed by atoms with Crippen LogP contribution in [0.25, 0.3) is 0 Å². The number of aromatic nitrogens is 3. The Morgan fingerprint density at radius 3 is 2.25 bits per heavy atom. The molecule has 160 valence electrons. The molecule has 0 fully saturated rings. The maximum Gasteiger partial charge on any atom is 0.262 e. The monoisotopic (exact) mass is 430 g/mol. The number of carbonyl (C=O) groups excluding carboxylic acids is 1. The number of nitrogens with zero attached hydrogens (tertiary/aromatic N) is 3. The fourth-order valence-corrected chi connectivity index (χ4v) is 2.72. The molecule has 0 saturated carbocycles. The van der Waals surface area contributed by atoms with Crippen LogP contribution in [0.5, 0.6) is 5.75 Å². The first-order valence-electron chi connectivity index (χ1n) is 9.69. The van der Waals surface area contributed by atoms with Crippen molar-refractivity contribution in [1.82, 2.24) is 15.0 Å². The molecule has 1 amide bonds. The minimum atomic E-state index is -0.363. The molecule has 0 atom stereocenters. The highest BCUT2D eigenvalue weighted by atomic mass is 19.1. The van der Waals surface area contributed by atoms with Gasteiger partial charge in [0.15, 0.2) is 6.61 Å². The normalized spacial score (nSPS) is 10.3. The molecule has 2 aromatic carbocycles. The van der Waals surface area contributed by atoms with Crippen LogP contribution in [0.1, 0.15) is 0 Å². The molecule has 4 rings (SSSR count). The molecule has 0 spiro atoms. The van der Waals surface area contributed by atoms with E-state index in [4.69, 9.17) is 4.74 Å². The average Bonchev–Trinajstić information content (AvgIpc) is 2.81. The van der Waals surface area contributed by atoms with Crippen LogP contribution in [0.4, 0.5) is 33.2 Å². The third-order valence-electron chi connectivity index (χ3n) is 4.21. The summed E-state index contributed by atoms with van der Waals surface area (Å²) in [6, 6.07) is 19.9. The Hall–Kier alpha value is -4.53. The first kappa shape index (κ1) is 20.7. The highest BCUT2D eigenvalue weighted by Gasteiger charge is 2.05. The van der Waals surface area contributed by atoms with Gasteiger partial charge in [0.05, 0.1) is 0 Å². The Bertz CT molecular complexity index is 1170. The van der Waals surface area contributed by atoms with Crippen molar-refractivity contribution in [2.24, 2.45) is 0 Å². The fourth-order valence-electron chi connectivity index (χ4n) is 2.72. The molecule has 3 N–H and O–H groups in total. The van der Waals surface area contributed by atoms with E-state index in [9.17, 15) is 9.18 Å². The van der Waals surface area contributed by atoms with E-state index in [2.05, 4.69) is 30.9 Å². The quantitative estimate of drug-likeness (QED) is 0.378. The summed E-state index contributed by atoms with van der Waals surface area (Å²) in [6.07, 6.45) is 3.14. The van der Waals surface area contributed by atoms with Gasteiger partial charge in [-0.2, -0.15) is 0 Å². The molecule has 0 radical (unpaired) electrons. The summed E-state index contributed by atoms with van der Waals surface area (Å²) < 4.78 is 18.2. The lowest BCUT2D eigenvalue weighted by atomic mass is 10.2. The second-order valence-corrected chi connectivity index (χ2v) is 6.62. The van der Waals surface area contributed by atoms with Crippen molar-refractivity contribution in [1.29, 1.82) is 0 Å². The van der Waals surface area contributed by atoms with E-state index in [1.807, 2.05) is 30.3 Å². The number of amides is 1. The van der Waals surface area contributed by atoms with E-state index < -0.39 is 0 Å². The molecule has 0 saturated heterocycles. The average molecular weight is 430 g/mol. The van der Waals surface area contributed by atoms with Crippen molar-refractivity contribution in [2.45, 2.75) is 0 Å². The highest BCUT2D eigenvalue weighted by Crippen LogP contribution is 2.20. The van der Waals surface area contributed by atoms with E-state index in [-0.39, 0.29) is 18.3 Å². The van der Waals surface area contributed by atoms with Gasteiger partial charge < -0.3 is 20.7 Å². The topological polar surface area (TPSA) is 101 Å². The predicted molar refractivity (Wildman–Crippen MR) is 120 cm³/mol. The van der Waals surface area contributed by atoms with Gasteiger partial charge in [0.2, 0.25) is 0 Å². The van der Waals surface area contributed by atoms with E-state index in [1.165, 1.54) is 30.6 Å². The lowest BCUT2D eigenvalue weighted by Gasteiger charge is -2.10. The number of ether oxygens (including phenoxy) is 1. The highest BCUT2D eigenvalue weighted by molar-refractivity contribution is 5.92. The second kappa shape index (κ2) is 9.98. The first-order valence-corrected chi connectivity index (χ1v) is 9.69. The summed E-state index contributed by atoms with van der Waals surface area (Å²) in [6.45, 7) is -0.182. The van der Waals surface area contributed by atoms with Crippen molar-refractivity contribution in [3.05, 3.63) is 91.1 Å². The number of nitrogens with one attached hydrogen (secondary N) is 3. The third-order valence-corrected chi connectivity index (χ3v) is 4.21. The molecule has 32 heavy (non-hydrogen) atoms. The Morgan fingerprint density at radius 1 is 0.812 bits per heavy atom. The van der Waals surface area contributed by atoms with Gasteiger partial charge in [0.1, 0.15) is 35.3 Å². The number of pyridine rings is 1. The predicted octanol–water partition coefficient (Wildman–Crippen LogP) is 4.52. The van der Waals surface area contributed by atoms with Gasteiger partial charge in [-0.15, -0.1) is 0 Å². The number of benzene rings is 2. The van der Waals surface area contributed by atoms with Crippen molar-refractivity contribution in [2.75, 3.05) is 22.6 Å². The second-order valence-electron chi connectivity index (χ2n) is 6.62. The summed E-state index contributed by atoms with van der Waals surface area (Å²) in [5.74, 6) is 1.62. The minimum absolute atomic E-state index is 0.182. The molecule has 9 heteroatoms. The molecule has 2 aromatic heterocycles. The molecule has 8 nitrogen and oxygen atoms in total. The van der Waals surface area contributed by atoms with Crippen LogP contribution in [0.2, 0.25) is 0 Å². The van der Waals surface area contributed by atoms with Gasteiger partial charge in [-0.3, -0.25) is 4.79 Å². The molecule has 0 bridgehead atoms. The first-order chi connectivity index (χ1) is 15.6. The summed E-state index contributed by atoms with van der Waals surface area (Å²) in [5, 5.41) is 9.03. The third kappa shape index (κ3) is 5.99. The van der Waals surface area contributed by atoms with Crippen molar-refractivity contribution < 1.29 is 13.9 Å². The SMILES string of the molecule is O=C(COc1ccc(F)cc1)Nc1ccc(Nc2cc(Nc3ccccn3)ncn2)cc1. The zero-order valence-corrected chi connectivity index (χ0v) is 16.8. The van der Waals surface area contributed by atoms with Crippen molar-refractivity contribution in [3.8, 4) is 5.75 Å². The Balaban J connectivity index is 1.30. The lowest BCUT2D eigenvalue weighted by molar-refractivity contribution is -0.118. The zero-order valence-electron chi connectivity index (χ0n) is 16.8. The molecule has 2 heterocycles. The fraction of sp³-hybridized carbons (Fsp3) is 0.0435. The van der Waals surface area contributed by atoms with Gasteiger partial charge >= 0.3 is 0 Å². The molecule has 0 aliphatic heterocycles. The number of hydrogen-bond donors (Lipinski definition) is 3. The van der Waals surface area contributed by atoms with Crippen molar-refractivity contribution >= 4 is 34.7 Å². The van der Waals surface area contributed by atoms with Crippen LogP contribution in [0.15, 0.2) is 85.3 Å². The van der Waals surface area contributed by atoms with Crippen LogP contribution in [0, 0.1) is 5.82 Å². The molecule has 4 aromatic rings. The van der Waals surface area contributed by atoms with Gasteiger partial charge in [-0.25, -0.2) is 19.3 Å². The van der Waals surface area contributed by atoms with E-state index in [0.717, 1.165) is 5.69 Å².